The lowest BCUT2D eigenvalue weighted by Crippen LogP contribution is -2.47. The molecule has 1 atom stereocenters. The lowest BCUT2D eigenvalue weighted by Gasteiger charge is -2.33. The van der Waals surface area contributed by atoms with Crippen LogP contribution in [0.5, 0.6) is 0 Å². The normalized spacial score (nSPS) is 19.8. The summed E-state index contributed by atoms with van der Waals surface area (Å²) in [6.45, 7) is 11.7. The van der Waals surface area contributed by atoms with Gasteiger partial charge in [0, 0.05) is 24.8 Å². The number of nitrogens with zero attached hydrogens (tertiary/aromatic N) is 2. The van der Waals surface area contributed by atoms with Gasteiger partial charge in [0.25, 0.3) is 0 Å². The van der Waals surface area contributed by atoms with Gasteiger partial charge in [-0.1, -0.05) is 13.2 Å². The third-order valence-corrected chi connectivity index (χ3v) is 2.99. The lowest BCUT2D eigenvalue weighted by molar-refractivity contribution is -0.127. The van der Waals surface area contributed by atoms with Crippen molar-refractivity contribution in [2.75, 3.05) is 13.1 Å². The predicted molar refractivity (Wildman–Crippen MR) is 80.0 cm³/mol. The van der Waals surface area contributed by atoms with E-state index in [2.05, 4.69) is 23.5 Å². The van der Waals surface area contributed by atoms with Gasteiger partial charge in [0.1, 0.15) is 0 Å². The molecule has 1 rings (SSSR count). The summed E-state index contributed by atoms with van der Waals surface area (Å²) in [6, 6.07) is -0.0172. The zero-order chi connectivity index (χ0) is 15.1. The summed E-state index contributed by atoms with van der Waals surface area (Å²) in [4.78, 5) is 17.5. The van der Waals surface area contributed by atoms with Crippen LogP contribution < -0.4 is 5.32 Å². The lowest BCUT2D eigenvalue weighted by atomic mass is 10.1. The number of nitrogens with one attached hydrogen (secondary N) is 1. The second kappa shape index (κ2) is 7.62. The Labute approximate surface area is 119 Å². The summed E-state index contributed by atoms with van der Waals surface area (Å²) in [5, 5.41) is 3.06. The number of hydrogen-bond donors (Lipinski definition) is 1. The van der Waals surface area contributed by atoms with Crippen LogP contribution in [0, 0.1) is 0 Å². The van der Waals surface area contributed by atoms with E-state index in [4.69, 9.17) is 0 Å². The Morgan fingerprint density at radius 1 is 1.40 bits per heavy atom. The molecule has 0 aromatic carbocycles. The molecule has 0 aliphatic carbocycles. The SMILES string of the molecule is C=CC(=O)N1CCC[C@H](N/C(N=C(C)C)=C(\F)C=C)C1. The summed E-state index contributed by atoms with van der Waals surface area (Å²) in [7, 11) is 0. The minimum atomic E-state index is -0.488. The monoisotopic (exact) mass is 279 g/mol. The van der Waals surface area contributed by atoms with E-state index in [0.717, 1.165) is 24.6 Å². The Kier molecular flexibility index (Phi) is 6.15. The molecular weight excluding hydrogens is 257 g/mol. The van der Waals surface area contributed by atoms with Crippen molar-refractivity contribution < 1.29 is 9.18 Å². The van der Waals surface area contributed by atoms with Crippen LogP contribution in [0.3, 0.4) is 0 Å². The van der Waals surface area contributed by atoms with Crippen molar-refractivity contribution in [1.29, 1.82) is 0 Å². The molecule has 4 nitrogen and oxygen atoms in total. The average molecular weight is 279 g/mol. The first-order valence-corrected chi connectivity index (χ1v) is 6.70. The second-order valence-electron chi connectivity index (χ2n) is 4.93. The molecule has 0 aromatic rings. The fourth-order valence-electron chi connectivity index (χ4n) is 2.09. The molecule has 1 aliphatic heterocycles. The molecule has 1 amide bonds. The van der Waals surface area contributed by atoms with Gasteiger partial charge in [-0.15, -0.1) is 0 Å². The van der Waals surface area contributed by atoms with E-state index in [0.29, 0.717) is 13.1 Å². The Morgan fingerprint density at radius 3 is 2.65 bits per heavy atom. The molecule has 110 valence electrons. The number of carbonyl (C=O) groups is 1. The molecular formula is C15H22FN3O. The van der Waals surface area contributed by atoms with Crippen molar-refractivity contribution >= 4 is 11.6 Å². The number of amides is 1. The highest BCUT2D eigenvalue weighted by atomic mass is 19.1. The zero-order valence-corrected chi connectivity index (χ0v) is 12.2. The maximum absolute atomic E-state index is 13.7. The molecule has 0 aromatic heterocycles. The van der Waals surface area contributed by atoms with E-state index >= 15 is 0 Å². The number of allylic oxidation sites excluding steroid dienone is 2. The topological polar surface area (TPSA) is 44.7 Å². The molecule has 0 spiro atoms. The highest BCUT2D eigenvalue weighted by Crippen LogP contribution is 2.15. The van der Waals surface area contributed by atoms with Crippen molar-refractivity contribution in [2.45, 2.75) is 32.7 Å². The maximum atomic E-state index is 13.7. The van der Waals surface area contributed by atoms with Gasteiger partial charge in [-0.05, 0) is 38.8 Å². The van der Waals surface area contributed by atoms with E-state index in [1.165, 1.54) is 6.08 Å². The van der Waals surface area contributed by atoms with Crippen LogP contribution in [-0.2, 0) is 4.79 Å². The molecule has 0 bridgehead atoms. The Balaban J connectivity index is 2.79. The summed E-state index contributed by atoms with van der Waals surface area (Å²) < 4.78 is 13.7. The number of halogens is 1. The Morgan fingerprint density at radius 2 is 2.10 bits per heavy atom. The molecule has 0 saturated carbocycles. The van der Waals surface area contributed by atoms with Gasteiger partial charge >= 0.3 is 0 Å². The van der Waals surface area contributed by atoms with Crippen molar-refractivity contribution in [3.05, 3.63) is 37.0 Å². The number of rotatable bonds is 5. The van der Waals surface area contributed by atoms with E-state index < -0.39 is 5.83 Å². The highest BCUT2D eigenvalue weighted by Gasteiger charge is 2.23. The first kappa shape index (κ1) is 16.1. The number of aliphatic imine (C=N–C) groups is 1. The summed E-state index contributed by atoms with van der Waals surface area (Å²) in [6.07, 6.45) is 4.17. The van der Waals surface area contributed by atoms with Crippen molar-refractivity contribution in [3.8, 4) is 0 Å². The molecule has 1 saturated heterocycles. The fraction of sp³-hybridized carbons (Fsp3) is 0.467. The number of hydrogen-bond acceptors (Lipinski definition) is 3. The van der Waals surface area contributed by atoms with E-state index in [-0.39, 0.29) is 17.8 Å². The number of carbonyl (C=O) groups excluding carboxylic acids is 1. The van der Waals surface area contributed by atoms with Gasteiger partial charge in [-0.25, -0.2) is 9.38 Å². The Hall–Kier alpha value is -1.91. The minimum absolute atomic E-state index is 0.0172. The van der Waals surface area contributed by atoms with Crippen LogP contribution in [-0.4, -0.2) is 35.7 Å². The first-order valence-electron chi connectivity index (χ1n) is 6.70. The van der Waals surface area contributed by atoms with Gasteiger partial charge in [0.05, 0.1) is 0 Å². The summed E-state index contributed by atoms with van der Waals surface area (Å²) >= 11 is 0. The van der Waals surface area contributed by atoms with Crippen molar-refractivity contribution in [2.24, 2.45) is 4.99 Å². The van der Waals surface area contributed by atoms with Crippen LogP contribution in [0.2, 0.25) is 0 Å². The van der Waals surface area contributed by atoms with Crippen LogP contribution in [0.1, 0.15) is 26.7 Å². The molecule has 0 unspecified atom stereocenters. The Bertz CT molecular complexity index is 450. The van der Waals surface area contributed by atoms with Crippen LogP contribution in [0.15, 0.2) is 42.0 Å². The number of piperidine rings is 1. The van der Waals surface area contributed by atoms with Gasteiger partial charge in [0.2, 0.25) is 5.91 Å². The predicted octanol–water partition coefficient (Wildman–Crippen LogP) is 2.56. The fourth-order valence-corrected chi connectivity index (χ4v) is 2.09. The third-order valence-electron chi connectivity index (χ3n) is 2.99. The number of likely N-dealkylation sites (tertiary alicyclic amines) is 1. The van der Waals surface area contributed by atoms with Crippen LogP contribution in [0.25, 0.3) is 0 Å². The first-order chi connectivity index (χ1) is 9.47. The van der Waals surface area contributed by atoms with Gasteiger partial charge in [-0.3, -0.25) is 4.79 Å². The summed E-state index contributed by atoms with van der Waals surface area (Å²) in [5.41, 5.74) is 0.749. The quantitative estimate of drug-likeness (QED) is 0.477. The molecule has 0 radical (unpaired) electrons. The smallest absolute Gasteiger partial charge is 0.246 e. The van der Waals surface area contributed by atoms with E-state index in [1.807, 2.05) is 0 Å². The molecule has 1 fully saturated rings. The van der Waals surface area contributed by atoms with Crippen LogP contribution >= 0.6 is 0 Å². The van der Waals surface area contributed by atoms with E-state index in [9.17, 15) is 9.18 Å². The van der Waals surface area contributed by atoms with Gasteiger partial charge < -0.3 is 10.2 Å². The largest absolute Gasteiger partial charge is 0.363 e. The standard InChI is InChI=1S/C15H22FN3O/c1-5-13(16)15(17-11(3)4)18-12-8-7-9-19(10-12)14(20)6-2/h5-6,12,18H,1-2,7-10H2,3-4H3/b15-13-/t12-/m0/s1. The zero-order valence-electron chi connectivity index (χ0n) is 12.2. The second-order valence-corrected chi connectivity index (χ2v) is 4.93. The highest BCUT2D eigenvalue weighted by molar-refractivity contribution is 5.87. The molecule has 20 heavy (non-hydrogen) atoms. The molecule has 5 heteroatoms. The van der Waals surface area contributed by atoms with Crippen LogP contribution in [0.4, 0.5) is 4.39 Å². The van der Waals surface area contributed by atoms with E-state index in [1.54, 1.807) is 18.7 Å². The van der Waals surface area contributed by atoms with Gasteiger partial charge in [0.15, 0.2) is 11.6 Å². The molecule has 1 aliphatic rings. The van der Waals surface area contributed by atoms with Crippen molar-refractivity contribution in [1.82, 2.24) is 10.2 Å². The molecule has 1 heterocycles. The van der Waals surface area contributed by atoms with Gasteiger partial charge in [-0.2, -0.15) is 0 Å². The third kappa shape index (κ3) is 4.64. The average Bonchev–Trinajstić information content (AvgIpc) is 2.44. The maximum Gasteiger partial charge on any atom is 0.246 e. The molecule has 1 N–H and O–H groups in total. The van der Waals surface area contributed by atoms with Crippen molar-refractivity contribution in [3.63, 3.8) is 0 Å². The summed E-state index contributed by atoms with van der Waals surface area (Å²) in [5.74, 6) is -0.405. The minimum Gasteiger partial charge on any atom is -0.363 e.